The fourth-order valence-corrected chi connectivity index (χ4v) is 0.640. The summed E-state index contributed by atoms with van der Waals surface area (Å²) in [5.41, 5.74) is 0.0544. The zero-order valence-corrected chi connectivity index (χ0v) is 15.1. The van der Waals surface area contributed by atoms with Crippen LogP contribution in [0.3, 0.4) is 0 Å². The second-order valence-electron chi connectivity index (χ2n) is 7.75. The van der Waals surface area contributed by atoms with Crippen LogP contribution in [0.4, 0.5) is 0 Å². The zero-order valence-electron chi connectivity index (χ0n) is 15.1. The van der Waals surface area contributed by atoms with Crippen LogP contribution >= 0.6 is 0 Å². The van der Waals surface area contributed by atoms with Crippen LogP contribution in [0.2, 0.25) is 0 Å². The Hall–Kier alpha value is -0.355. The SMILES string of the molecule is C.CC(C)(C)C(C)(C)O.CC(C)(C)OO.[B]C1=CCNCC1. The maximum Gasteiger partial charge on any atom is 0.107 e. The van der Waals surface area contributed by atoms with Crippen molar-refractivity contribution >= 4 is 7.85 Å². The second-order valence-corrected chi connectivity index (χ2v) is 7.75. The summed E-state index contributed by atoms with van der Waals surface area (Å²) in [6.45, 7) is 17.0. The molecule has 0 saturated heterocycles. The van der Waals surface area contributed by atoms with Crippen molar-refractivity contribution in [3.05, 3.63) is 11.5 Å². The van der Waals surface area contributed by atoms with Crippen LogP contribution < -0.4 is 5.32 Å². The summed E-state index contributed by atoms with van der Waals surface area (Å²) in [4.78, 5) is 3.94. The van der Waals surface area contributed by atoms with Crippen molar-refractivity contribution in [3.8, 4) is 0 Å². The summed E-state index contributed by atoms with van der Waals surface area (Å²) < 4.78 is 0. The molecule has 0 saturated carbocycles. The van der Waals surface area contributed by atoms with Gasteiger partial charge < -0.3 is 10.4 Å². The van der Waals surface area contributed by atoms with Crippen molar-refractivity contribution in [1.29, 1.82) is 0 Å². The molecule has 0 aromatic carbocycles. The van der Waals surface area contributed by atoms with Crippen molar-refractivity contribution in [2.75, 3.05) is 13.1 Å². The highest BCUT2D eigenvalue weighted by molar-refractivity contribution is 6.21. The number of nitrogens with one attached hydrogen (secondary N) is 1. The Morgan fingerprint density at radius 3 is 1.55 bits per heavy atom. The standard InChI is InChI=1S/C7H16O.C5H8BN.C4H10O2.CH4/c1-6(2,3)7(4,5)8;6-5-1-3-7-4-2-5;1-4(2,3)6-5;/h8H,1-5H3;1,7H,2-4H2;5H,1-3H3;1H4. The van der Waals surface area contributed by atoms with Crippen LogP contribution in [0.5, 0.6) is 0 Å². The molecule has 1 aliphatic rings. The number of hydrogen-bond donors (Lipinski definition) is 3. The summed E-state index contributed by atoms with van der Waals surface area (Å²) in [7, 11) is 5.46. The maximum atomic E-state index is 9.35. The molecular weight excluding hydrogens is 277 g/mol. The molecule has 1 heterocycles. The molecule has 0 aliphatic carbocycles. The van der Waals surface area contributed by atoms with Crippen LogP contribution in [0, 0.1) is 5.41 Å². The van der Waals surface area contributed by atoms with E-state index in [2.05, 4.69) is 10.2 Å². The van der Waals surface area contributed by atoms with E-state index < -0.39 is 11.2 Å². The van der Waals surface area contributed by atoms with Gasteiger partial charge in [-0.3, -0.25) is 5.26 Å². The highest BCUT2D eigenvalue weighted by Gasteiger charge is 2.29. The lowest BCUT2D eigenvalue weighted by atomic mass is 9.79. The summed E-state index contributed by atoms with van der Waals surface area (Å²) in [5.74, 6) is 0. The van der Waals surface area contributed by atoms with Gasteiger partial charge in [0.2, 0.25) is 0 Å². The van der Waals surface area contributed by atoms with Crippen LogP contribution in [0.15, 0.2) is 11.5 Å². The highest BCUT2D eigenvalue weighted by atomic mass is 17.1. The predicted molar refractivity (Wildman–Crippen MR) is 97.3 cm³/mol. The average Bonchev–Trinajstić information content (AvgIpc) is 2.28. The van der Waals surface area contributed by atoms with E-state index >= 15 is 0 Å². The van der Waals surface area contributed by atoms with E-state index in [9.17, 15) is 5.11 Å². The summed E-state index contributed by atoms with van der Waals surface area (Å²) in [6, 6.07) is 0. The summed E-state index contributed by atoms with van der Waals surface area (Å²) in [5, 5.41) is 20.4. The largest absolute Gasteiger partial charge is 0.390 e. The predicted octanol–water partition coefficient (Wildman–Crippen LogP) is 3.75. The Balaban J connectivity index is -0.000000243. The smallest absolute Gasteiger partial charge is 0.107 e. The Labute approximate surface area is 139 Å². The Morgan fingerprint density at radius 2 is 1.45 bits per heavy atom. The first kappa shape index (κ1) is 26.5. The summed E-state index contributed by atoms with van der Waals surface area (Å²) in [6.07, 6.45) is 3.03. The molecule has 0 fully saturated rings. The zero-order chi connectivity index (χ0) is 17.3. The number of hydrogen-bond acceptors (Lipinski definition) is 4. The first-order valence-corrected chi connectivity index (χ1v) is 7.41. The molecule has 0 aromatic rings. The minimum absolute atomic E-state index is 0. The first-order valence-electron chi connectivity index (χ1n) is 7.41. The molecule has 1 aliphatic heterocycles. The third-order valence-electron chi connectivity index (χ3n) is 3.21. The third kappa shape index (κ3) is 17.7. The van der Waals surface area contributed by atoms with E-state index in [1.807, 2.05) is 40.7 Å². The maximum absolute atomic E-state index is 9.35. The van der Waals surface area contributed by atoms with E-state index in [-0.39, 0.29) is 12.8 Å². The van der Waals surface area contributed by atoms with E-state index in [4.69, 9.17) is 13.1 Å². The molecule has 2 radical (unpaired) electrons. The van der Waals surface area contributed by atoms with Gasteiger partial charge in [0.15, 0.2) is 0 Å². The van der Waals surface area contributed by atoms with Gasteiger partial charge in [-0.15, -0.1) is 5.47 Å². The number of aliphatic hydroxyl groups is 1. The van der Waals surface area contributed by atoms with Gasteiger partial charge in [-0.1, -0.05) is 34.3 Å². The fourth-order valence-electron chi connectivity index (χ4n) is 0.640. The van der Waals surface area contributed by atoms with Gasteiger partial charge in [0, 0.05) is 6.54 Å². The lowest BCUT2D eigenvalue weighted by Gasteiger charge is -2.33. The molecule has 5 heteroatoms. The minimum Gasteiger partial charge on any atom is -0.390 e. The molecule has 0 amide bonds. The van der Waals surface area contributed by atoms with Crippen LogP contribution in [0.1, 0.15) is 69.2 Å². The molecule has 1 rings (SSSR count). The molecule has 0 aromatic heterocycles. The van der Waals surface area contributed by atoms with Gasteiger partial charge in [0.25, 0.3) is 0 Å². The van der Waals surface area contributed by atoms with Gasteiger partial charge >= 0.3 is 0 Å². The van der Waals surface area contributed by atoms with Crippen molar-refractivity contribution < 1.29 is 15.3 Å². The molecule has 0 spiro atoms. The van der Waals surface area contributed by atoms with Gasteiger partial charge in [0.05, 0.1) is 11.2 Å². The molecule has 4 nitrogen and oxygen atoms in total. The molecule has 3 N–H and O–H groups in total. The van der Waals surface area contributed by atoms with Crippen LogP contribution in [-0.4, -0.2) is 42.5 Å². The Bertz CT molecular complexity index is 284. The highest BCUT2D eigenvalue weighted by Crippen LogP contribution is 2.28. The Kier molecular flexibility index (Phi) is 13.5. The first-order chi connectivity index (χ1) is 9.20. The number of rotatable bonds is 0. The van der Waals surface area contributed by atoms with Gasteiger partial charge in [-0.05, 0) is 53.0 Å². The topological polar surface area (TPSA) is 61.7 Å². The van der Waals surface area contributed by atoms with Crippen LogP contribution in [-0.2, 0) is 4.89 Å². The quantitative estimate of drug-likeness (QED) is 0.362. The van der Waals surface area contributed by atoms with E-state index in [1.54, 1.807) is 20.8 Å². The monoisotopic (exact) mass is 315 g/mol. The van der Waals surface area contributed by atoms with Crippen molar-refractivity contribution in [1.82, 2.24) is 5.32 Å². The molecule has 0 unspecified atom stereocenters. The van der Waals surface area contributed by atoms with Gasteiger partial charge in [-0.2, -0.15) is 0 Å². The van der Waals surface area contributed by atoms with Crippen LogP contribution in [0.25, 0.3) is 0 Å². The van der Waals surface area contributed by atoms with Gasteiger partial charge in [0.1, 0.15) is 7.85 Å². The van der Waals surface area contributed by atoms with E-state index in [0.29, 0.717) is 0 Å². The lowest BCUT2D eigenvalue weighted by Crippen LogP contribution is -2.35. The lowest BCUT2D eigenvalue weighted by molar-refractivity contribution is -0.306. The second kappa shape index (κ2) is 11.2. The van der Waals surface area contributed by atoms with Crippen molar-refractivity contribution in [3.63, 3.8) is 0 Å². The molecule has 22 heavy (non-hydrogen) atoms. The molecule has 132 valence electrons. The Morgan fingerprint density at radius 1 is 1.09 bits per heavy atom. The van der Waals surface area contributed by atoms with Crippen molar-refractivity contribution in [2.24, 2.45) is 5.41 Å². The molecule has 0 bridgehead atoms. The summed E-state index contributed by atoms with van der Waals surface area (Å²) >= 11 is 0. The third-order valence-corrected chi connectivity index (χ3v) is 3.21. The van der Waals surface area contributed by atoms with Crippen molar-refractivity contribution in [2.45, 2.75) is 80.4 Å². The molecule has 0 atom stereocenters. The normalized spacial score (nSPS) is 15.3. The average molecular weight is 315 g/mol. The van der Waals surface area contributed by atoms with E-state index in [1.165, 1.54) is 0 Å². The van der Waals surface area contributed by atoms with E-state index in [0.717, 1.165) is 25.0 Å². The fraction of sp³-hybridized carbons (Fsp3) is 0.882. The minimum atomic E-state index is -0.562. The van der Waals surface area contributed by atoms with Gasteiger partial charge in [-0.25, -0.2) is 4.89 Å². The molecular formula is C17H38BNO3.